The molecule has 25 heavy (non-hydrogen) atoms. The lowest BCUT2D eigenvalue weighted by molar-refractivity contribution is -0.130. The first-order valence-corrected chi connectivity index (χ1v) is 8.11. The fraction of sp³-hybridized carbons (Fsp3) is 0.211. The van der Waals surface area contributed by atoms with E-state index in [0.717, 1.165) is 22.5 Å². The molecule has 1 atom stereocenters. The zero-order valence-electron chi connectivity index (χ0n) is 13.7. The second kappa shape index (κ2) is 6.05. The van der Waals surface area contributed by atoms with Gasteiger partial charge in [0.15, 0.2) is 6.10 Å². The summed E-state index contributed by atoms with van der Waals surface area (Å²) in [5.41, 5.74) is 4.08. The second-order valence-electron chi connectivity index (χ2n) is 6.17. The number of benzene rings is 1. The van der Waals surface area contributed by atoms with E-state index in [-0.39, 0.29) is 12.5 Å². The highest BCUT2D eigenvalue weighted by Gasteiger charge is 2.30. The van der Waals surface area contributed by atoms with Gasteiger partial charge in [0, 0.05) is 18.8 Å². The van der Waals surface area contributed by atoms with Crippen LogP contribution in [0.3, 0.4) is 0 Å². The Morgan fingerprint density at radius 2 is 2.20 bits per heavy atom. The Balaban J connectivity index is 1.44. The number of amides is 1. The fourth-order valence-electron chi connectivity index (χ4n) is 2.99. The molecule has 0 spiro atoms. The van der Waals surface area contributed by atoms with Crippen molar-refractivity contribution in [3.8, 4) is 0 Å². The number of nitrogens with zero attached hydrogens (tertiary/aromatic N) is 2. The first kappa shape index (κ1) is 15.4. The number of aryl methyl sites for hydroxylation is 1. The van der Waals surface area contributed by atoms with Crippen molar-refractivity contribution in [1.82, 2.24) is 14.7 Å². The smallest absolute Gasteiger partial charge is 0.339 e. The summed E-state index contributed by atoms with van der Waals surface area (Å²) in [7, 11) is 0. The van der Waals surface area contributed by atoms with E-state index < -0.39 is 12.1 Å². The highest BCUT2D eigenvalue weighted by molar-refractivity contribution is 5.95. The van der Waals surface area contributed by atoms with Gasteiger partial charge in [-0.15, -0.1) is 0 Å². The average Bonchev–Trinajstić information content (AvgIpc) is 3.01. The summed E-state index contributed by atoms with van der Waals surface area (Å²) < 4.78 is 7.17. The molecule has 0 aliphatic carbocycles. The van der Waals surface area contributed by atoms with Gasteiger partial charge in [0.1, 0.15) is 5.65 Å². The molecule has 1 aliphatic heterocycles. The van der Waals surface area contributed by atoms with Crippen molar-refractivity contribution in [1.29, 1.82) is 0 Å². The zero-order chi connectivity index (χ0) is 17.4. The largest absolute Gasteiger partial charge is 0.448 e. The van der Waals surface area contributed by atoms with Crippen LogP contribution in [0.2, 0.25) is 0 Å². The number of cyclic esters (lactones) is 1. The summed E-state index contributed by atoms with van der Waals surface area (Å²) in [6, 6.07) is 11.2. The summed E-state index contributed by atoms with van der Waals surface area (Å²) in [6.45, 7) is 2.29. The lowest BCUT2D eigenvalue weighted by atomic mass is 9.98. The van der Waals surface area contributed by atoms with E-state index in [4.69, 9.17) is 4.74 Å². The molecule has 1 amide bonds. The van der Waals surface area contributed by atoms with Gasteiger partial charge in [0.2, 0.25) is 0 Å². The number of hydrogen-bond acceptors (Lipinski definition) is 4. The number of pyridine rings is 1. The van der Waals surface area contributed by atoms with Crippen LogP contribution in [0.1, 0.15) is 27.2 Å². The number of rotatable bonds is 3. The van der Waals surface area contributed by atoms with Crippen LogP contribution < -0.4 is 5.32 Å². The lowest BCUT2D eigenvalue weighted by Gasteiger charge is -2.23. The first-order valence-electron chi connectivity index (χ1n) is 8.11. The quantitative estimate of drug-likeness (QED) is 0.744. The molecule has 0 saturated heterocycles. The Bertz CT molecular complexity index is 977. The Hall–Kier alpha value is -3.15. The predicted octanol–water partition coefficient (Wildman–Crippen LogP) is 2.04. The number of carbonyl (C=O) groups excluding carboxylic acids is 2. The number of hydrogen-bond donors (Lipinski definition) is 1. The number of fused-ring (bicyclic) bond motifs is 2. The number of aromatic nitrogens is 2. The van der Waals surface area contributed by atoms with Gasteiger partial charge < -0.3 is 14.5 Å². The molecule has 6 nitrogen and oxygen atoms in total. The number of imidazole rings is 1. The van der Waals surface area contributed by atoms with Crippen LogP contribution in [0, 0.1) is 6.92 Å². The Kier molecular flexibility index (Phi) is 3.72. The zero-order valence-corrected chi connectivity index (χ0v) is 13.7. The third kappa shape index (κ3) is 2.98. The summed E-state index contributed by atoms with van der Waals surface area (Å²) in [5, 5.41) is 2.80. The van der Waals surface area contributed by atoms with Crippen molar-refractivity contribution in [2.24, 2.45) is 0 Å². The summed E-state index contributed by atoms with van der Waals surface area (Å²) >= 11 is 0. The maximum atomic E-state index is 12.4. The molecule has 6 heteroatoms. The minimum absolute atomic E-state index is 0.287. The normalized spacial score (nSPS) is 16.4. The molecule has 0 saturated carbocycles. The van der Waals surface area contributed by atoms with Crippen molar-refractivity contribution in [2.45, 2.75) is 26.0 Å². The molecule has 0 radical (unpaired) electrons. The van der Waals surface area contributed by atoms with E-state index in [9.17, 15) is 9.59 Å². The minimum Gasteiger partial charge on any atom is -0.448 e. The van der Waals surface area contributed by atoms with Gasteiger partial charge in [-0.25, -0.2) is 9.78 Å². The van der Waals surface area contributed by atoms with Crippen LogP contribution in [-0.4, -0.2) is 27.4 Å². The third-order valence-corrected chi connectivity index (χ3v) is 4.29. The summed E-state index contributed by atoms with van der Waals surface area (Å²) in [6.07, 6.45) is 3.39. The van der Waals surface area contributed by atoms with Crippen LogP contribution in [0.4, 0.5) is 0 Å². The second-order valence-corrected chi connectivity index (χ2v) is 6.17. The average molecular weight is 335 g/mol. The SMILES string of the molecule is Cc1ccn2cc(CNC(=O)[C@@H]3Cc4ccccc4C(=O)O3)nc2c1. The molecule has 0 bridgehead atoms. The number of ether oxygens (including phenoxy) is 1. The van der Waals surface area contributed by atoms with Crippen molar-refractivity contribution >= 4 is 17.5 Å². The van der Waals surface area contributed by atoms with Gasteiger partial charge in [-0.2, -0.15) is 0 Å². The van der Waals surface area contributed by atoms with E-state index in [1.807, 2.05) is 48.0 Å². The molecule has 0 unspecified atom stereocenters. The van der Waals surface area contributed by atoms with Gasteiger partial charge in [0.25, 0.3) is 5.91 Å². The minimum atomic E-state index is -0.804. The lowest BCUT2D eigenvalue weighted by Crippen LogP contribution is -2.41. The Morgan fingerprint density at radius 1 is 1.36 bits per heavy atom. The molecule has 3 heterocycles. The van der Waals surface area contributed by atoms with Crippen molar-refractivity contribution in [3.05, 3.63) is 71.2 Å². The van der Waals surface area contributed by atoms with Gasteiger partial charge in [-0.1, -0.05) is 18.2 Å². The van der Waals surface area contributed by atoms with E-state index in [1.54, 1.807) is 12.1 Å². The maximum absolute atomic E-state index is 12.4. The number of esters is 1. The van der Waals surface area contributed by atoms with Gasteiger partial charge in [-0.3, -0.25) is 4.79 Å². The topological polar surface area (TPSA) is 72.7 Å². The summed E-state index contributed by atoms with van der Waals surface area (Å²) in [4.78, 5) is 28.9. The molecule has 1 aromatic carbocycles. The number of nitrogens with one attached hydrogen (secondary N) is 1. The van der Waals surface area contributed by atoms with Crippen LogP contribution in [0.15, 0.2) is 48.8 Å². The summed E-state index contributed by atoms with van der Waals surface area (Å²) in [5.74, 6) is -0.763. The molecular weight excluding hydrogens is 318 g/mol. The molecular formula is C19H17N3O3. The Labute approximate surface area is 144 Å². The monoisotopic (exact) mass is 335 g/mol. The van der Waals surface area contributed by atoms with Crippen LogP contribution in [-0.2, 0) is 22.5 Å². The molecule has 2 aromatic heterocycles. The fourth-order valence-corrected chi connectivity index (χ4v) is 2.99. The number of carbonyl (C=O) groups is 2. The van der Waals surface area contributed by atoms with E-state index in [0.29, 0.717) is 12.0 Å². The van der Waals surface area contributed by atoms with Gasteiger partial charge in [0.05, 0.1) is 17.8 Å². The standard InChI is InChI=1S/C19H17N3O3/c1-12-6-7-22-11-14(21-17(22)8-12)10-20-18(23)16-9-13-4-2-3-5-15(13)19(24)25-16/h2-8,11,16H,9-10H2,1H3,(H,20,23)/t16-/m0/s1. The predicted molar refractivity (Wildman–Crippen MR) is 91.1 cm³/mol. The molecule has 3 aromatic rings. The van der Waals surface area contributed by atoms with Crippen LogP contribution >= 0.6 is 0 Å². The molecule has 1 N–H and O–H groups in total. The van der Waals surface area contributed by atoms with Gasteiger partial charge in [-0.05, 0) is 36.2 Å². The maximum Gasteiger partial charge on any atom is 0.339 e. The van der Waals surface area contributed by atoms with Gasteiger partial charge >= 0.3 is 5.97 Å². The van der Waals surface area contributed by atoms with E-state index in [1.165, 1.54) is 0 Å². The highest BCUT2D eigenvalue weighted by Crippen LogP contribution is 2.20. The van der Waals surface area contributed by atoms with Crippen molar-refractivity contribution < 1.29 is 14.3 Å². The van der Waals surface area contributed by atoms with Crippen molar-refractivity contribution in [3.63, 3.8) is 0 Å². The Morgan fingerprint density at radius 3 is 3.08 bits per heavy atom. The van der Waals surface area contributed by atoms with E-state index >= 15 is 0 Å². The van der Waals surface area contributed by atoms with Crippen molar-refractivity contribution in [2.75, 3.05) is 0 Å². The molecule has 1 aliphatic rings. The molecule has 126 valence electrons. The first-order chi connectivity index (χ1) is 12.1. The van der Waals surface area contributed by atoms with Crippen LogP contribution in [0.5, 0.6) is 0 Å². The molecule has 0 fully saturated rings. The highest BCUT2D eigenvalue weighted by atomic mass is 16.5. The van der Waals surface area contributed by atoms with E-state index in [2.05, 4.69) is 10.3 Å². The van der Waals surface area contributed by atoms with Crippen LogP contribution in [0.25, 0.3) is 5.65 Å². The third-order valence-electron chi connectivity index (χ3n) is 4.29. The molecule has 4 rings (SSSR count).